The van der Waals surface area contributed by atoms with Gasteiger partial charge < -0.3 is 4.57 Å². The fourth-order valence-electron chi connectivity index (χ4n) is 1.98. The Morgan fingerprint density at radius 2 is 2.17 bits per heavy atom. The van der Waals surface area contributed by atoms with Gasteiger partial charge in [0.05, 0.1) is 11.0 Å². The molecule has 0 fully saturated rings. The first kappa shape index (κ1) is 12.1. The fraction of sp³-hybridized carbons (Fsp3) is 0.308. The van der Waals surface area contributed by atoms with Crippen LogP contribution in [0.15, 0.2) is 30.5 Å². The van der Waals surface area contributed by atoms with Crippen molar-refractivity contribution in [3.05, 3.63) is 40.6 Å². The van der Waals surface area contributed by atoms with E-state index < -0.39 is 0 Å². The molecule has 0 amide bonds. The number of aryl methyl sites for hydroxylation is 1. The number of hydrogen-bond acceptors (Lipinski definition) is 3. The highest BCUT2D eigenvalue weighted by Crippen LogP contribution is 2.22. The Labute approximate surface area is 104 Å². The van der Waals surface area contributed by atoms with Crippen molar-refractivity contribution < 1.29 is 4.92 Å². The van der Waals surface area contributed by atoms with E-state index in [0.717, 1.165) is 30.3 Å². The van der Waals surface area contributed by atoms with Crippen molar-refractivity contribution in [3.63, 3.8) is 0 Å². The van der Waals surface area contributed by atoms with E-state index >= 15 is 0 Å². The minimum Gasteiger partial charge on any atom is -0.347 e. The Bertz CT molecular complexity index is 610. The molecule has 0 aliphatic heterocycles. The SMILES string of the molecule is N#CCCCCn1ccc2cc([N+](=O)[O-])ccc21. The molecule has 1 aromatic carbocycles. The van der Waals surface area contributed by atoms with Gasteiger partial charge in [0.2, 0.25) is 0 Å². The summed E-state index contributed by atoms with van der Waals surface area (Å²) in [7, 11) is 0. The number of nitriles is 1. The maximum atomic E-state index is 10.7. The number of hydrogen-bond donors (Lipinski definition) is 0. The van der Waals surface area contributed by atoms with Crippen molar-refractivity contribution in [1.29, 1.82) is 5.26 Å². The fourth-order valence-corrected chi connectivity index (χ4v) is 1.98. The van der Waals surface area contributed by atoms with Crippen LogP contribution in [0.25, 0.3) is 10.9 Å². The van der Waals surface area contributed by atoms with Crippen LogP contribution in [0.5, 0.6) is 0 Å². The molecule has 0 unspecified atom stereocenters. The molecule has 0 spiro atoms. The number of unbranched alkanes of at least 4 members (excludes halogenated alkanes) is 2. The van der Waals surface area contributed by atoms with Crippen LogP contribution in [-0.4, -0.2) is 9.49 Å². The quantitative estimate of drug-likeness (QED) is 0.459. The number of nitro groups is 1. The van der Waals surface area contributed by atoms with Gasteiger partial charge in [0.25, 0.3) is 5.69 Å². The lowest BCUT2D eigenvalue weighted by molar-refractivity contribution is -0.384. The van der Waals surface area contributed by atoms with Crippen molar-refractivity contribution in [2.24, 2.45) is 0 Å². The third kappa shape index (κ3) is 2.48. The average Bonchev–Trinajstić information content (AvgIpc) is 2.77. The lowest BCUT2D eigenvalue weighted by Crippen LogP contribution is -1.96. The summed E-state index contributed by atoms with van der Waals surface area (Å²) in [5, 5.41) is 20.0. The Hall–Kier alpha value is -2.35. The van der Waals surface area contributed by atoms with Crippen LogP contribution in [0, 0.1) is 21.4 Å². The standard InChI is InChI=1S/C13H13N3O2/c14-7-2-1-3-8-15-9-6-11-10-12(16(17)18)4-5-13(11)15/h4-6,9-10H,1-3,8H2. The Kier molecular flexibility index (Phi) is 3.58. The number of aromatic nitrogens is 1. The topological polar surface area (TPSA) is 71.9 Å². The molecule has 0 aliphatic rings. The predicted octanol–water partition coefficient (Wildman–Crippen LogP) is 3.24. The smallest absolute Gasteiger partial charge is 0.270 e. The highest BCUT2D eigenvalue weighted by atomic mass is 16.6. The van der Waals surface area contributed by atoms with Crippen LogP contribution in [0.1, 0.15) is 19.3 Å². The molecule has 0 saturated heterocycles. The summed E-state index contributed by atoms with van der Waals surface area (Å²) >= 11 is 0. The van der Waals surface area contributed by atoms with Gasteiger partial charge in [0.15, 0.2) is 0 Å². The third-order valence-corrected chi connectivity index (χ3v) is 2.90. The van der Waals surface area contributed by atoms with Crippen molar-refractivity contribution >= 4 is 16.6 Å². The van der Waals surface area contributed by atoms with Crippen LogP contribution in [0.4, 0.5) is 5.69 Å². The van der Waals surface area contributed by atoms with E-state index in [1.54, 1.807) is 12.1 Å². The molecule has 2 aromatic rings. The maximum Gasteiger partial charge on any atom is 0.270 e. The summed E-state index contributed by atoms with van der Waals surface area (Å²) in [6.45, 7) is 0.836. The van der Waals surface area contributed by atoms with E-state index in [1.807, 2.05) is 12.3 Å². The van der Waals surface area contributed by atoms with E-state index in [1.165, 1.54) is 6.07 Å². The van der Waals surface area contributed by atoms with Gasteiger partial charge in [-0.1, -0.05) is 0 Å². The highest BCUT2D eigenvalue weighted by molar-refractivity contribution is 5.82. The van der Waals surface area contributed by atoms with Crippen LogP contribution in [-0.2, 0) is 6.54 Å². The zero-order valence-electron chi connectivity index (χ0n) is 9.87. The van der Waals surface area contributed by atoms with E-state index in [4.69, 9.17) is 5.26 Å². The summed E-state index contributed by atoms with van der Waals surface area (Å²) in [5.74, 6) is 0. The number of fused-ring (bicyclic) bond motifs is 1. The lowest BCUT2D eigenvalue weighted by atomic mass is 10.2. The van der Waals surface area contributed by atoms with E-state index in [-0.39, 0.29) is 10.6 Å². The summed E-state index contributed by atoms with van der Waals surface area (Å²) in [4.78, 5) is 10.3. The van der Waals surface area contributed by atoms with Gasteiger partial charge in [-0.3, -0.25) is 10.1 Å². The Morgan fingerprint density at radius 1 is 1.33 bits per heavy atom. The van der Waals surface area contributed by atoms with E-state index in [2.05, 4.69) is 10.6 Å². The summed E-state index contributed by atoms with van der Waals surface area (Å²) < 4.78 is 2.07. The first-order chi connectivity index (χ1) is 8.72. The number of non-ortho nitro benzene ring substituents is 1. The normalized spacial score (nSPS) is 10.4. The predicted molar refractivity (Wildman–Crippen MR) is 68.1 cm³/mol. The number of benzene rings is 1. The van der Waals surface area contributed by atoms with Gasteiger partial charge in [0, 0.05) is 42.2 Å². The molecule has 5 heteroatoms. The summed E-state index contributed by atoms with van der Waals surface area (Å²) in [6, 6.07) is 8.88. The number of nitro benzene ring substituents is 1. The van der Waals surface area contributed by atoms with Crippen LogP contribution < -0.4 is 0 Å². The van der Waals surface area contributed by atoms with E-state index in [0.29, 0.717) is 6.42 Å². The molecular weight excluding hydrogens is 230 g/mol. The van der Waals surface area contributed by atoms with Gasteiger partial charge >= 0.3 is 0 Å². The van der Waals surface area contributed by atoms with Crippen LogP contribution in [0.2, 0.25) is 0 Å². The summed E-state index contributed by atoms with van der Waals surface area (Å²) in [6.07, 6.45) is 4.32. The van der Waals surface area contributed by atoms with Crippen molar-refractivity contribution in [2.45, 2.75) is 25.8 Å². The minimum atomic E-state index is -0.385. The number of nitrogens with zero attached hydrogens (tertiary/aromatic N) is 3. The molecule has 0 N–H and O–H groups in total. The summed E-state index contributed by atoms with van der Waals surface area (Å²) in [5.41, 5.74) is 1.11. The van der Waals surface area contributed by atoms with Gasteiger partial charge in [-0.25, -0.2) is 0 Å². The van der Waals surface area contributed by atoms with Gasteiger partial charge in [-0.2, -0.15) is 5.26 Å². The second kappa shape index (κ2) is 5.32. The van der Waals surface area contributed by atoms with Gasteiger partial charge in [-0.15, -0.1) is 0 Å². The molecule has 18 heavy (non-hydrogen) atoms. The molecule has 0 atom stereocenters. The molecule has 0 bridgehead atoms. The van der Waals surface area contributed by atoms with Crippen molar-refractivity contribution in [3.8, 4) is 6.07 Å². The van der Waals surface area contributed by atoms with Crippen LogP contribution in [0.3, 0.4) is 0 Å². The Morgan fingerprint density at radius 3 is 2.89 bits per heavy atom. The Balaban J connectivity index is 2.16. The molecule has 92 valence electrons. The largest absolute Gasteiger partial charge is 0.347 e. The molecule has 1 aromatic heterocycles. The van der Waals surface area contributed by atoms with Crippen LogP contribution >= 0.6 is 0 Å². The monoisotopic (exact) mass is 243 g/mol. The third-order valence-electron chi connectivity index (χ3n) is 2.90. The second-order valence-corrected chi connectivity index (χ2v) is 4.12. The molecule has 0 aliphatic carbocycles. The maximum absolute atomic E-state index is 10.7. The average molecular weight is 243 g/mol. The van der Waals surface area contributed by atoms with Gasteiger partial charge in [0.1, 0.15) is 0 Å². The second-order valence-electron chi connectivity index (χ2n) is 4.12. The number of rotatable bonds is 5. The molecule has 0 radical (unpaired) electrons. The molecule has 0 saturated carbocycles. The zero-order valence-corrected chi connectivity index (χ0v) is 9.87. The van der Waals surface area contributed by atoms with E-state index in [9.17, 15) is 10.1 Å². The first-order valence-electron chi connectivity index (χ1n) is 5.82. The minimum absolute atomic E-state index is 0.115. The molecule has 1 heterocycles. The molecular formula is C13H13N3O2. The zero-order chi connectivity index (χ0) is 13.0. The van der Waals surface area contributed by atoms with Gasteiger partial charge in [-0.05, 0) is 25.0 Å². The molecule has 5 nitrogen and oxygen atoms in total. The van der Waals surface area contributed by atoms with Crippen molar-refractivity contribution in [1.82, 2.24) is 4.57 Å². The highest BCUT2D eigenvalue weighted by Gasteiger charge is 2.08. The first-order valence-corrected chi connectivity index (χ1v) is 5.82. The van der Waals surface area contributed by atoms with Crippen molar-refractivity contribution in [2.75, 3.05) is 0 Å². The lowest BCUT2D eigenvalue weighted by Gasteiger charge is -2.03. The molecule has 2 rings (SSSR count).